The molecule has 3 aliphatic rings. The van der Waals surface area contributed by atoms with Gasteiger partial charge in [-0.25, -0.2) is 12.7 Å². The number of hydrogen-bond donors (Lipinski definition) is 1. The van der Waals surface area contributed by atoms with Crippen LogP contribution in [0.5, 0.6) is 0 Å². The van der Waals surface area contributed by atoms with E-state index >= 15 is 0 Å². The third-order valence-corrected chi connectivity index (χ3v) is 8.00. The fraction of sp³-hybridized carbons (Fsp3) is 0.682. The molecule has 1 aromatic carbocycles. The quantitative estimate of drug-likeness (QED) is 0.737. The van der Waals surface area contributed by atoms with Gasteiger partial charge in [-0.1, -0.05) is 0 Å². The number of carbonyl (C=O) groups excluding carboxylic acids is 1. The van der Waals surface area contributed by atoms with E-state index in [1.165, 1.54) is 10.6 Å². The molecule has 1 spiro atoms. The first-order chi connectivity index (χ1) is 14.8. The number of nitrogens with one attached hydrogen (secondary N) is 1. The van der Waals surface area contributed by atoms with Crippen molar-refractivity contribution >= 4 is 27.3 Å². The Bertz CT molecular complexity index is 860. The Balaban J connectivity index is 1.27. The highest BCUT2D eigenvalue weighted by molar-refractivity contribution is 7.88. The van der Waals surface area contributed by atoms with Gasteiger partial charge < -0.3 is 19.7 Å². The predicted molar refractivity (Wildman–Crippen MR) is 120 cm³/mol. The standard InChI is InChI=1S/C22H33N3O5S/c1-31(27,28)25-9-7-22(8-10-25)17-18(6-13-30-22)16-21(26)23-19-2-4-20(5-3-19)24-11-14-29-15-12-24/h2-5,18H,6-17H2,1H3,(H,23,26). The molecule has 0 radical (unpaired) electrons. The van der Waals surface area contributed by atoms with Gasteiger partial charge in [-0.15, -0.1) is 0 Å². The molecule has 3 aliphatic heterocycles. The SMILES string of the molecule is CS(=O)(=O)N1CCC2(CC1)CC(CC(=O)Nc1ccc(N3CCOCC3)cc1)CCO2. The van der Waals surface area contributed by atoms with Gasteiger partial charge in [0.2, 0.25) is 15.9 Å². The summed E-state index contributed by atoms with van der Waals surface area (Å²) in [6, 6.07) is 7.99. The number of amides is 1. The molecule has 3 saturated heterocycles. The first kappa shape index (κ1) is 22.5. The third-order valence-electron chi connectivity index (χ3n) is 6.70. The van der Waals surface area contributed by atoms with Crippen molar-refractivity contribution in [2.24, 2.45) is 5.92 Å². The monoisotopic (exact) mass is 451 g/mol. The summed E-state index contributed by atoms with van der Waals surface area (Å²) in [6.07, 6.45) is 4.79. The van der Waals surface area contributed by atoms with Gasteiger partial charge in [0.05, 0.1) is 25.1 Å². The van der Waals surface area contributed by atoms with Crippen LogP contribution in [0.15, 0.2) is 24.3 Å². The number of sulfonamides is 1. The van der Waals surface area contributed by atoms with Gasteiger partial charge in [0.25, 0.3) is 0 Å². The molecule has 0 saturated carbocycles. The average Bonchev–Trinajstić information content (AvgIpc) is 2.74. The highest BCUT2D eigenvalue weighted by atomic mass is 32.2. The Morgan fingerprint density at radius 3 is 2.42 bits per heavy atom. The van der Waals surface area contributed by atoms with Crippen molar-refractivity contribution in [3.05, 3.63) is 24.3 Å². The summed E-state index contributed by atoms with van der Waals surface area (Å²) in [4.78, 5) is 14.9. The molecule has 4 rings (SSSR count). The normalized spacial score (nSPS) is 24.8. The third kappa shape index (κ3) is 5.77. The van der Waals surface area contributed by atoms with Gasteiger partial charge in [0.15, 0.2) is 0 Å². The maximum Gasteiger partial charge on any atom is 0.224 e. The summed E-state index contributed by atoms with van der Waals surface area (Å²) in [5, 5.41) is 3.03. The number of piperidine rings is 1. The molecule has 3 fully saturated rings. The topological polar surface area (TPSA) is 88.2 Å². The van der Waals surface area contributed by atoms with Crippen LogP contribution in [0.3, 0.4) is 0 Å². The van der Waals surface area contributed by atoms with E-state index in [4.69, 9.17) is 9.47 Å². The second kappa shape index (κ2) is 9.44. The van der Waals surface area contributed by atoms with E-state index in [0.717, 1.165) is 50.5 Å². The highest BCUT2D eigenvalue weighted by Crippen LogP contribution is 2.39. The fourth-order valence-electron chi connectivity index (χ4n) is 4.93. The summed E-state index contributed by atoms with van der Waals surface area (Å²) in [7, 11) is -3.15. The number of morpholine rings is 1. The second-order valence-electron chi connectivity index (χ2n) is 8.95. The van der Waals surface area contributed by atoms with E-state index in [-0.39, 0.29) is 17.4 Å². The van der Waals surface area contributed by atoms with Crippen LogP contribution < -0.4 is 10.2 Å². The van der Waals surface area contributed by atoms with Crippen LogP contribution in [0.25, 0.3) is 0 Å². The number of nitrogens with zero attached hydrogens (tertiary/aromatic N) is 2. The minimum Gasteiger partial charge on any atom is -0.378 e. The molecule has 1 amide bonds. The van der Waals surface area contributed by atoms with E-state index in [2.05, 4.69) is 10.2 Å². The van der Waals surface area contributed by atoms with Gasteiger partial charge in [-0.3, -0.25) is 4.79 Å². The molecule has 1 atom stereocenters. The zero-order valence-electron chi connectivity index (χ0n) is 18.2. The summed E-state index contributed by atoms with van der Waals surface area (Å²) >= 11 is 0. The number of carbonyl (C=O) groups is 1. The van der Waals surface area contributed by atoms with Gasteiger partial charge in [0.1, 0.15) is 0 Å². The zero-order chi connectivity index (χ0) is 21.9. The maximum atomic E-state index is 12.7. The Morgan fingerprint density at radius 2 is 1.77 bits per heavy atom. The number of ether oxygens (including phenoxy) is 2. The fourth-order valence-corrected chi connectivity index (χ4v) is 5.77. The molecular weight excluding hydrogens is 418 g/mol. The van der Waals surface area contributed by atoms with Crippen LogP contribution in [-0.2, 0) is 24.3 Å². The molecule has 172 valence electrons. The highest BCUT2D eigenvalue weighted by Gasteiger charge is 2.42. The molecule has 1 unspecified atom stereocenters. The molecule has 1 N–H and O–H groups in total. The smallest absolute Gasteiger partial charge is 0.224 e. The van der Waals surface area contributed by atoms with Crippen molar-refractivity contribution in [2.45, 2.75) is 37.7 Å². The van der Waals surface area contributed by atoms with E-state index in [1.807, 2.05) is 24.3 Å². The lowest BCUT2D eigenvalue weighted by Gasteiger charge is -2.45. The van der Waals surface area contributed by atoms with Gasteiger partial charge >= 0.3 is 0 Å². The minimum atomic E-state index is -3.15. The first-order valence-corrected chi connectivity index (χ1v) is 13.0. The second-order valence-corrected chi connectivity index (χ2v) is 10.9. The summed E-state index contributed by atoms with van der Waals surface area (Å²) < 4.78 is 36.6. The Morgan fingerprint density at radius 1 is 1.10 bits per heavy atom. The van der Waals surface area contributed by atoms with Crippen molar-refractivity contribution in [2.75, 3.05) is 62.5 Å². The lowest BCUT2D eigenvalue weighted by atomic mass is 9.78. The Hall–Kier alpha value is -1.68. The van der Waals surface area contributed by atoms with Crippen molar-refractivity contribution in [1.82, 2.24) is 4.31 Å². The van der Waals surface area contributed by atoms with Gasteiger partial charge in [-0.05, 0) is 55.9 Å². The molecule has 1 aromatic rings. The largest absolute Gasteiger partial charge is 0.378 e. The Labute approximate surface area is 184 Å². The maximum absolute atomic E-state index is 12.7. The van der Waals surface area contributed by atoms with Crippen molar-refractivity contribution in [1.29, 1.82) is 0 Å². The van der Waals surface area contributed by atoms with Crippen molar-refractivity contribution in [3.8, 4) is 0 Å². The first-order valence-electron chi connectivity index (χ1n) is 11.1. The molecule has 0 bridgehead atoms. The summed E-state index contributed by atoms with van der Waals surface area (Å²) in [5.41, 5.74) is 1.67. The van der Waals surface area contributed by atoms with E-state index in [0.29, 0.717) is 39.0 Å². The number of benzene rings is 1. The van der Waals surface area contributed by atoms with Gasteiger partial charge in [0, 0.05) is 50.6 Å². The number of anilines is 2. The zero-order valence-corrected chi connectivity index (χ0v) is 19.0. The molecule has 0 aliphatic carbocycles. The van der Waals surface area contributed by atoms with E-state index in [9.17, 15) is 13.2 Å². The van der Waals surface area contributed by atoms with Crippen LogP contribution >= 0.6 is 0 Å². The lowest BCUT2D eigenvalue weighted by Crippen LogP contribution is -2.50. The summed E-state index contributed by atoms with van der Waals surface area (Å²) in [5.74, 6) is 0.279. The molecule has 31 heavy (non-hydrogen) atoms. The molecule has 9 heteroatoms. The molecule has 8 nitrogen and oxygen atoms in total. The van der Waals surface area contributed by atoms with Crippen LogP contribution in [0.1, 0.15) is 32.1 Å². The van der Waals surface area contributed by atoms with Crippen LogP contribution in [0, 0.1) is 5.92 Å². The van der Waals surface area contributed by atoms with Crippen LogP contribution in [-0.4, -0.2) is 76.5 Å². The Kier molecular flexibility index (Phi) is 6.86. The molecule has 0 aromatic heterocycles. The van der Waals surface area contributed by atoms with E-state index < -0.39 is 10.0 Å². The lowest BCUT2D eigenvalue weighted by molar-refractivity contribution is -0.129. The van der Waals surface area contributed by atoms with Crippen molar-refractivity contribution in [3.63, 3.8) is 0 Å². The minimum absolute atomic E-state index is 0.0229. The molecule has 3 heterocycles. The molecular formula is C22H33N3O5S. The average molecular weight is 452 g/mol. The number of rotatable bonds is 5. The van der Waals surface area contributed by atoms with E-state index in [1.54, 1.807) is 0 Å². The van der Waals surface area contributed by atoms with Crippen molar-refractivity contribution < 1.29 is 22.7 Å². The van der Waals surface area contributed by atoms with Gasteiger partial charge in [-0.2, -0.15) is 0 Å². The summed E-state index contributed by atoms with van der Waals surface area (Å²) in [6.45, 7) is 4.89. The van der Waals surface area contributed by atoms with Crippen LogP contribution in [0.2, 0.25) is 0 Å². The predicted octanol–water partition coefficient (Wildman–Crippen LogP) is 2.07. The van der Waals surface area contributed by atoms with Crippen LogP contribution in [0.4, 0.5) is 11.4 Å². The number of hydrogen-bond acceptors (Lipinski definition) is 6.